The number of rotatable bonds is 6. The molecule has 2 aliphatic heterocycles. The Morgan fingerprint density at radius 2 is 1.78 bits per heavy atom. The van der Waals surface area contributed by atoms with Crippen molar-refractivity contribution in [1.82, 2.24) is 4.98 Å². The van der Waals surface area contributed by atoms with Crippen molar-refractivity contribution in [3.63, 3.8) is 0 Å². The number of carbonyl (C=O) groups excluding carboxylic acids is 2. The number of anilines is 1. The van der Waals surface area contributed by atoms with Gasteiger partial charge in [0, 0.05) is 43.2 Å². The Balaban J connectivity index is 1.18. The van der Waals surface area contributed by atoms with Gasteiger partial charge in [0.2, 0.25) is 11.8 Å². The molecule has 2 aliphatic carbocycles. The molecule has 3 aromatic carbocycles. The first-order valence-electron chi connectivity index (χ1n) is 14.4. The lowest BCUT2D eigenvalue weighted by Crippen LogP contribution is -2.42. The number of H-pyrrole nitrogens is 1. The molecule has 2 bridgehead atoms. The van der Waals surface area contributed by atoms with E-state index in [1.54, 1.807) is 11.8 Å². The summed E-state index contributed by atoms with van der Waals surface area (Å²) in [6, 6.07) is 18.9. The summed E-state index contributed by atoms with van der Waals surface area (Å²) in [5.41, 5.74) is 2.09. The highest BCUT2D eigenvalue weighted by atomic mass is 79.9. The summed E-state index contributed by atoms with van der Waals surface area (Å²) in [4.78, 5) is 56.4. The molecule has 3 heterocycles. The lowest BCUT2D eigenvalue weighted by Gasteiger charge is -2.43. The molecule has 2 amide bonds. The number of aromatic nitrogens is 1. The molecule has 3 fully saturated rings. The molecule has 0 radical (unpaired) electrons. The fraction of sp³-hybridized carbons (Fsp3) is 0.281. The average Bonchev–Trinajstić information content (AvgIpc) is 3.75. The zero-order valence-corrected chi connectivity index (χ0v) is 27.2. The van der Waals surface area contributed by atoms with E-state index in [1.165, 1.54) is 40.5 Å². The van der Waals surface area contributed by atoms with Crippen molar-refractivity contribution in [2.24, 2.45) is 29.6 Å². The third-order valence-corrected chi connectivity index (χ3v) is 12.9. The van der Waals surface area contributed by atoms with Gasteiger partial charge in [0.15, 0.2) is 0 Å². The number of ether oxygens (including phenoxy) is 1. The van der Waals surface area contributed by atoms with Gasteiger partial charge in [-0.2, -0.15) is 0 Å². The number of nitrogens with one attached hydrogen (secondary N) is 1. The number of halogens is 2. The minimum Gasteiger partial charge on any atom is -0.489 e. The van der Waals surface area contributed by atoms with Gasteiger partial charge in [-0.15, -0.1) is 11.8 Å². The van der Waals surface area contributed by atoms with Gasteiger partial charge in [-0.05, 0) is 72.2 Å². The van der Waals surface area contributed by atoms with Crippen LogP contribution < -0.4 is 14.5 Å². The van der Waals surface area contributed by atoms with Crippen LogP contribution in [0.25, 0.3) is 0 Å². The molecule has 4 aromatic rings. The summed E-state index contributed by atoms with van der Waals surface area (Å²) >= 11 is 12.7. The highest BCUT2D eigenvalue weighted by molar-refractivity contribution is 9.10. The summed E-state index contributed by atoms with van der Waals surface area (Å²) in [6.07, 6.45) is 0.742. The van der Waals surface area contributed by atoms with E-state index in [1.807, 2.05) is 42.5 Å². The molecule has 228 valence electrons. The molecule has 1 aromatic heterocycles. The molecule has 1 N–H and O–H groups in total. The van der Waals surface area contributed by atoms with E-state index >= 15 is 0 Å². The number of non-ortho nitro benzene ring substituents is 1. The third kappa shape index (κ3) is 4.59. The predicted molar refractivity (Wildman–Crippen MR) is 174 cm³/mol. The van der Waals surface area contributed by atoms with Crippen molar-refractivity contribution in [3.8, 4) is 5.75 Å². The number of hydrogen-bond acceptors (Lipinski definition) is 8. The Bertz CT molecular complexity index is 1960. The highest BCUT2D eigenvalue weighted by Crippen LogP contribution is 2.69. The number of fused-ring (bicyclic) bond motifs is 9. The third-order valence-electron chi connectivity index (χ3n) is 9.63. The number of thioether (sulfide) groups is 1. The maximum Gasteiger partial charge on any atom is 0.305 e. The van der Waals surface area contributed by atoms with Gasteiger partial charge in [-0.1, -0.05) is 51.0 Å². The number of benzene rings is 3. The van der Waals surface area contributed by atoms with Gasteiger partial charge >= 0.3 is 4.87 Å². The Labute approximate surface area is 278 Å². The number of amides is 2. The van der Waals surface area contributed by atoms with Crippen LogP contribution in [0.15, 0.2) is 81.0 Å². The maximum absolute atomic E-state index is 14.0. The summed E-state index contributed by atoms with van der Waals surface area (Å²) < 4.78 is 7.28. The van der Waals surface area contributed by atoms with Crippen molar-refractivity contribution in [2.45, 2.75) is 29.2 Å². The van der Waals surface area contributed by atoms with E-state index in [2.05, 4.69) is 20.9 Å². The van der Waals surface area contributed by atoms with E-state index in [0.717, 1.165) is 31.9 Å². The number of hydrogen-bond donors (Lipinski definition) is 1. The van der Waals surface area contributed by atoms with Crippen molar-refractivity contribution < 1.29 is 19.2 Å². The van der Waals surface area contributed by atoms with Crippen molar-refractivity contribution >= 4 is 73.8 Å². The fourth-order valence-electron chi connectivity index (χ4n) is 8.02. The fourth-order valence-corrected chi connectivity index (χ4v) is 11.5. The number of aromatic amines is 1. The topological polar surface area (TPSA) is 123 Å². The molecule has 7 atom stereocenters. The Hall–Kier alpha value is -3.45. The monoisotopic (exact) mass is 723 g/mol. The Morgan fingerprint density at radius 3 is 2.51 bits per heavy atom. The molecule has 2 saturated carbocycles. The molecule has 9 nitrogen and oxygen atoms in total. The zero-order chi connectivity index (χ0) is 31.1. The molecule has 45 heavy (non-hydrogen) atoms. The Morgan fingerprint density at radius 1 is 1.02 bits per heavy atom. The van der Waals surface area contributed by atoms with Crippen LogP contribution in [-0.4, -0.2) is 27.0 Å². The zero-order valence-electron chi connectivity index (χ0n) is 23.2. The van der Waals surface area contributed by atoms with Gasteiger partial charge in [0.05, 0.1) is 27.5 Å². The first kappa shape index (κ1) is 29.0. The standard InChI is InChI=1S/C32H23BrClN3O6S2/c33-15-4-9-22(43-13-14-2-1-3-16(34)10-14)19(11-15)23-24-20-12-21(27(24)44-29-28(23)45-32(40)35-29)26-25(20)30(38)36(31(26)39)17-5-7-18(8-6-17)37(41)42/h1-11,20-21,23-27H,12-13H2,(H,35,40)/t20-,21-,23+,24+,25+,26+,27-/m1/s1. The van der Waals surface area contributed by atoms with Gasteiger partial charge < -0.3 is 9.72 Å². The van der Waals surface area contributed by atoms with E-state index in [4.69, 9.17) is 16.3 Å². The summed E-state index contributed by atoms with van der Waals surface area (Å²) in [7, 11) is 0. The van der Waals surface area contributed by atoms with Crippen LogP contribution in [0.5, 0.6) is 5.75 Å². The number of carbonyl (C=O) groups is 2. The molecular weight excluding hydrogens is 702 g/mol. The van der Waals surface area contributed by atoms with Crippen LogP contribution in [0, 0.1) is 39.7 Å². The summed E-state index contributed by atoms with van der Waals surface area (Å²) in [6.45, 7) is 0.301. The minimum atomic E-state index is -0.508. The maximum atomic E-state index is 14.0. The lowest BCUT2D eigenvalue weighted by atomic mass is 9.68. The van der Waals surface area contributed by atoms with Crippen molar-refractivity contribution in [2.75, 3.05) is 4.90 Å². The molecule has 0 unspecified atom stereocenters. The summed E-state index contributed by atoms with van der Waals surface area (Å²) in [5.74, 6) is -1.19. The summed E-state index contributed by atoms with van der Waals surface area (Å²) in [5, 5.41) is 12.6. The average molecular weight is 725 g/mol. The Kier molecular flexibility index (Phi) is 6.97. The normalized spacial score (nSPS) is 27.8. The van der Waals surface area contributed by atoms with Crippen LogP contribution >= 0.6 is 50.6 Å². The number of nitro benzene ring substituents is 1. The smallest absolute Gasteiger partial charge is 0.305 e. The SMILES string of the molecule is O=C1[C@H]2[C@H]3C[C@@H]([C@@H]2C(=O)N1c1ccc([N+](=O)[O-])cc1)[C@H]1[C@H](c2cc(Br)ccc2OCc2cccc(Cl)c2)c2sc(=O)[nH]c2S[C@H]31. The first-order valence-corrected chi connectivity index (χ1v) is 17.2. The lowest BCUT2D eigenvalue weighted by molar-refractivity contribution is -0.384. The number of nitrogens with zero attached hydrogens (tertiary/aromatic N) is 2. The van der Waals surface area contributed by atoms with E-state index in [0.29, 0.717) is 23.1 Å². The molecule has 4 aliphatic rings. The van der Waals surface area contributed by atoms with Crippen LogP contribution in [0.1, 0.15) is 28.3 Å². The van der Waals surface area contributed by atoms with Crippen LogP contribution in [0.2, 0.25) is 5.02 Å². The quantitative estimate of drug-likeness (QED) is 0.129. The van der Waals surface area contributed by atoms with E-state index in [9.17, 15) is 24.5 Å². The van der Waals surface area contributed by atoms with Crippen molar-refractivity contribution in [3.05, 3.63) is 112 Å². The number of nitro groups is 1. The van der Waals surface area contributed by atoms with Crippen molar-refractivity contribution in [1.29, 1.82) is 0 Å². The molecule has 13 heteroatoms. The first-order chi connectivity index (χ1) is 21.7. The minimum absolute atomic E-state index is 0.00678. The van der Waals surface area contributed by atoms with Gasteiger partial charge in [-0.25, -0.2) is 0 Å². The highest BCUT2D eigenvalue weighted by Gasteiger charge is 2.69. The molecule has 0 spiro atoms. The molecule has 1 saturated heterocycles. The van der Waals surface area contributed by atoms with Crippen LogP contribution in [-0.2, 0) is 16.2 Å². The second-order valence-electron chi connectivity index (χ2n) is 11.8. The second kappa shape index (κ2) is 10.8. The molecular formula is C32H23BrClN3O6S2. The number of imide groups is 1. The van der Waals surface area contributed by atoms with Gasteiger partial charge in [0.1, 0.15) is 12.4 Å². The molecule has 8 rings (SSSR count). The van der Waals surface area contributed by atoms with Gasteiger partial charge in [0.25, 0.3) is 5.69 Å². The van der Waals surface area contributed by atoms with E-state index in [-0.39, 0.29) is 51.3 Å². The largest absolute Gasteiger partial charge is 0.489 e. The van der Waals surface area contributed by atoms with Gasteiger partial charge in [-0.3, -0.25) is 29.4 Å². The van der Waals surface area contributed by atoms with E-state index < -0.39 is 16.8 Å². The predicted octanol–water partition coefficient (Wildman–Crippen LogP) is 7.02. The number of thiazole rings is 1. The van der Waals surface area contributed by atoms with Crippen LogP contribution in [0.3, 0.4) is 0 Å². The van der Waals surface area contributed by atoms with Crippen LogP contribution in [0.4, 0.5) is 11.4 Å². The second-order valence-corrected chi connectivity index (χ2v) is 15.4.